The molecule has 2 nitrogen and oxygen atoms in total. The Bertz CT molecular complexity index is 297. The topological polar surface area (TPSA) is 21.3 Å². The van der Waals surface area contributed by atoms with E-state index in [1.165, 1.54) is 11.1 Å². The zero-order valence-corrected chi connectivity index (χ0v) is 9.77. The van der Waals surface area contributed by atoms with Crippen LogP contribution in [0.25, 0.3) is 0 Å². The molecular formula is C11H17NOS. The number of thiol groups is 1. The van der Waals surface area contributed by atoms with Gasteiger partial charge in [-0.2, -0.15) is 12.6 Å². The lowest BCUT2D eigenvalue weighted by Crippen LogP contribution is -2.18. The molecule has 0 fully saturated rings. The summed E-state index contributed by atoms with van der Waals surface area (Å²) >= 11 is 4.31. The molecular weight excluding hydrogens is 194 g/mol. The van der Waals surface area contributed by atoms with E-state index in [1.54, 1.807) is 7.11 Å². The Labute approximate surface area is 91.1 Å². The number of hydrogen-bond donors (Lipinski definition) is 2. The van der Waals surface area contributed by atoms with E-state index in [4.69, 9.17) is 4.74 Å². The highest BCUT2D eigenvalue weighted by Gasteiger charge is 2.12. The lowest BCUT2D eigenvalue weighted by atomic mass is 10.0. The van der Waals surface area contributed by atoms with Crippen molar-refractivity contribution in [2.24, 2.45) is 0 Å². The number of methoxy groups -OCH3 is 1. The highest BCUT2D eigenvalue weighted by Crippen LogP contribution is 2.26. The molecule has 0 aliphatic carbocycles. The average molecular weight is 211 g/mol. The first-order valence-corrected chi connectivity index (χ1v) is 5.28. The van der Waals surface area contributed by atoms with E-state index in [2.05, 4.69) is 30.9 Å². The highest BCUT2D eigenvalue weighted by atomic mass is 32.1. The third-order valence-electron chi connectivity index (χ3n) is 2.29. The Kier molecular flexibility index (Phi) is 4.29. The molecule has 0 aromatic heterocycles. The van der Waals surface area contributed by atoms with Crippen LogP contribution in [0, 0.1) is 6.92 Å². The van der Waals surface area contributed by atoms with Gasteiger partial charge in [-0.15, -0.1) is 0 Å². The minimum Gasteiger partial charge on any atom is -0.496 e. The predicted molar refractivity (Wildman–Crippen MR) is 63.4 cm³/mol. The molecule has 0 aliphatic rings. The molecule has 1 aromatic carbocycles. The van der Waals surface area contributed by atoms with E-state index in [0.717, 1.165) is 11.5 Å². The lowest BCUT2D eigenvalue weighted by Gasteiger charge is -2.17. The van der Waals surface area contributed by atoms with Crippen LogP contribution in [0.1, 0.15) is 17.2 Å². The second kappa shape index (κ2) is 5.27. The summed E-state index contributed by atoms with van der Waals surface area (Å²) in [5, 5.41) is 3.21. The Balaban J connectivity index is 3.08. The zero-order chi connectivity index (χ0) is 10.6. The van der Waals surface area contributed by atoms with Crippen LogP contribution in [0.5, 0.6) is 5.75 Å². The average Bonchev–Trinajstić information content (AvgIpc) is 2.20. The largest absolute Gasteiger partial charge is 0.496 e. The van der Waals surface area contributed by atoms with Gasteiger partial charge >= 0.3 is 0 Å². The maximum atomic E-state index is 5.31. The molecule has 1 aromatic rings. The molecule has 0 saturated heterocycles. The SMILES string of the molecule is CNC(CS)c1cc(C)ccc1OC. The molecule has 3 heteroatoms. The third kappa shape index (κ3) is 2.42. The summed E-state index contributed by atoms with van der Waals surface area (Å²) in [4.78, 5) is 0. The van der Waals surface area contributed by atoms with E-state index in [0.29, 0.717) is 0 Å². The summed E-state index contributed by atoms with van der Waals surface area (Å²) in [7, 11) is 3.63. The number of aryl methyl sites for hydroxylation is 1. The van der Waals surface area contributed by atoms with Gasteiger partial charge in [0.25, 0.3) is 0 Å². The molecule has 1 unspecified atom stereocenters. The first-order chi connectivity index (χ1) is 6.72. The van der Waals surface area contributed by atoms with Gasteiger partial charge in [0.05, 0.1) is 7.11 Å². The van der Waals surface area contributed by atoms with Gasteiger partial charge in [0, 0.05) is 17.4 Å². The van der Waals surface area contributed by atoms with E-state index in [9.17, 15) is 0 Å². The van der Waals surface area contributed by atoms with Crippen molar-refractivity contribution in [1.82, 2.24) is 5.32 Å². The highest BCUT2D eigenvalue weighted by molar-refractivity contribution is 7.80. The van der Waals surface area contributed by atoms with Crippen LogP contribution in [-0.2, 0) is 0 Å². The van der Waals surface area contributed by atoms with E-state index >= 15 is 0 Å². The smallest absolute Gasteiger partial charge is 0.123 e. The fourth-order valence-corrected chi connectivity index (χ4v) is 1.85. The Morgan fingerprint density at radius 3 is 2.71 bits per heavy atom. The fourth-order valence-electron chi connectivity index (χ4n) is 1.47. The van der Waals surface area contributed by atoms with Gasteiger partial charge in [-0.3, -0.25) is 0 Å². The molecule has 0 radical (unpaired) electrons. The monoisotopic (exact) mass is 211 g/mol. The van der Waals surface area contributed by atoms with Gasteiger partial charge in [-0.05, 0) is 20.0 Å². The van der Waals surface area contributed by atoms with Crippen molar-refractivity contribution in [3.8, 4) is 5.75 Å². The van der Waals surface area contributed by atoms with Crippen LogP contribution < -0.4 is 10.1 Å². The first-order valence-electron chi connectivity index (χ1n) is 4.65. The summed E-state index contributed by atoms with van der Waals surface area (Å²) < 4.78 is 5.31. The molecule has 0 aliphatic heterocycles. The molecule has 1 rings (SSSR count). The van der Waals surface area contributed by atoms with Gasteiger partial charge in [0.15, 0.2) is 0 Å². The number of ether oxygens (including phenoxy) is 1. The molecule has 0 saturated carbocycles. The number of rotatable bonds is 4. The molecule has 14 heavy (non-hydrogen) atoms. The number of nitrogens with one attached hydrogen (secondary N) is 1. The van der Waals surface area contributed by atoms with E-state index < -0.39 is 0 Å². The molecule has 1 N–H and O–H groups in total. The van der Waals surface area contributed by atoms with Gasteiger partial charge < -0.3 is 10.1 Å². The zero-order valence-electron chi connectivity index (χ0n) is 8.87. The van der Waals surface area contributed by atoms with Gasteiger partial charge in [-0.25, -0.2) is 0 Å². The summed E-state index contributed by atoms with van der Waals surface area (Å²) in [6, 6.07) is 6.43. The van der Waals surface area contributed by atoms with Crippen molar-refractivity contribution >= 4 is 12.6 Å². The van der Waals surface area contributed by atoms with Gasteiger partial charge in [0.1, 0.15) is 5.75 Å². The normalized spacial score (nSPS) is 12.6. The Morgan fingerprint density at radius 1 is 1.50 bits per heavy atom. The number of hydrogen-bond acceptors (Lipinski definition) is 3. The molecule has 0 amide bonds. The standard InChI is InChI=1S/C11H17NOS/c1-8-4-5-11(13-3)9(6-8)10(7-14)12-2/h4-6,10,12,14H,7H2,1-3H3. The minimum atomic E-state index is 0.244. The summed E-state index contributed by atoms with van der Waals surface area (Å²) in [6.07, 6.45) is 0. The predicted octanol–water partition coefficient (Wildman–Crippen LogP) is 2.19. The summed E-state index contributed by atoms with van der Waals surface area (Å²) in [5.41, 5.74) is 2.41. The van der Waals surface area contributed by atoms with Gasteiger partial charge in [0.2, 0.25) is 0 Å². The Morgan fingerprint density at radius 2 is 2.21 bits per heavy atom. The van der Waals surface area contributed by atoms with Crippen molar-refractivity contribution in [3.05, 3.63) is 29.3 Å². The number of benzene rings is 1. The Hall–Kier alpha value is -0.670. The molecule has 0 bridgehead atoms. The first kappa shape index (κ1) is 11.4. The van der Waals surface area contributed by atoms with E-state index in [-0.39, 0.29) is 6.04 Å². The second-order valence-corrected chi connectivity index (χ2v) is 3.63. The maximum absolute atomic E-state index is 5.31. The molecule has 1 atom stereocenters. The van der Waals surface area contributed by atoms with Crippen LogP contribution in [0.3, 0.4) is 0 Å². The van der Waals surface area contributed by atoms with Crippen molar-refractivity contribution in [1.29, 1.82) is 0 Å². The summed E-state index contributed by atoms with van der Waals surface area (Å²) in [5.74, 6) is 1.68. The second-order valence-electron chi connectivity index (χ2n) is 3.27. The van der Waals surface area contributed by atoms with Crippen LogP contribution in [0.15, 0.2) is 18.2 Å². The van der Waals surface area contributed by atoms with E-state index in [1.807, 2.05) is 19.2 Å². The third-order valence-corrected chi connectivity index (χ3v) is 2.66. The maximum Gasteiger partial charge on any atom is 0.123 e. The van der Waals surface area contributed by atoms with Crippen LogP contribution in [0.2, 0.25) is 0 Å². The van der Waals surface area contributed by atoms with Crippen LogP contribution >= 0.6 is 12.6 Å². The molecule has 0 heterocycles. The fraction of sp³-hybridized carbons (Fsp3) is 0.455. The quantitative estimate of drug-likeness (QED) is 0.745. The molecule has 78 valence electrons. The summed E-state index contributed by atoms with van der Waals surface area (Å²) in [6.45, 7) is 2.08. The van der Waals surface area contributed by atoms with Gasteiger partial charge in [-0.1, -0.05) is 17.7 Å². The van der Waals surface area contributed by atoms with Crippen molar-refractivity contribution in [2.45, 2.75) is 13.0 Å². The van der Waals surface area contributed by atoms with Crippen LogP contribution in [0.4, 0.5) is 0 Å². The van der Waals surface area contributed by atoms with Crippen molar-refractivity contribution in [3.63, 3.8) is 0 Å². The molecule has 0 spiro atoms. The van der Waals surface area contributed by atoms with Crippen molar-refractivity contribution in [2.75, 3.05) is 19.9 Å². The minimum absolute atomic E-state index is 0.244. The lowest BCUT2D eigenvalue weighted by molar-refractivity contribution is 0.404. The van der Waals surface area contributed by atoms with Crippen LogP contribution in [-0.4, -0.2) is 19.9 Å². The van der Waals surface area contributed by atoms with Crippen molar-refractivity contribution < 1.29 is 4.74 Å².